The molecule has 0 radical (unpaired) electrons. The van der Waals surface area contributed by atoms with Crippen LogP contribution in [-0.4, -0.2) is 25.8 Å². The van der Waals surface area contributed by atoms with Gasteiger partial charge in [0.25, 0.3) is 5.91 Å². The zero-order valence-corrected chi connectivity index (χ0v) is 16.8. The average Bonchev–Trinajstić information content (AvgIpc) is 3.20. The maximum Gasteiger partial charge on any atom is 0.439 e. The highest BCUT2D eigenvalue weighted by Gasteiger charge is 2.30. The summed E-state index contributed by atoms with van der Waals surface area (Å²) in [6, 6.07) is 11.7. The Kier molecular flexibility index (Phi) is 5.42. The van der Waals surface area contributed by atoms with Crippen LogP contribution < -0.4 is 16.5 Å². The van der Waals surface area contributed by atoms with Gasteiger partial charge in [0.15, 0.2) is 11.5 Å². The first-order valence-electron chi connectivity index (χ1n) is 9.38. The van der Waals surface area contributed by atoms with Crippen LogP contribution in [0.15, 0.2) is 68.7 Å². The molecule has 0 unspecified atom stereocenters. The summed E-state index contributed by atoms with van der Waals surface area (Å²) >= 11 is 0. The minimum Gasteiger partial charge on any atom is -0.320 e. The molecule has 2 aromatic carbocycles. The number of aromatic amines is 1. The van der Waals surface area contributed by atoms with Crippen molar-refractivity contribution < 1.29 is 22.5 Å². The molecule has 2 N–H and O–H groups in total. The van der Waals surface area contributed by atoms with Gasteiger partial charge in [-0.05, 0) is 37.3 Å². The predicted octanol–water partition coefficient (Wildman–Crippen LogP) is 3.16. The number of carbonyl (C=O) groups is 1. The fraction of sp³-hybridized carbons (Fsp3) is 0.0952. The molecule has 2 aromatic heterocycles. The van der Waals surface area contributed by atoms with Crippen LogP contribution in [0.5, 0.6) is 0 Å². The van der Waals surface area contributed by atoms with Crippen LogP contribution in [0.3, 0.4) is 0 Å². The summed E-state index contributed by atoms with van der Waals surface area (Å²) in [5, 5.41) is 10.1. The maximum atomic E-state index is 13.1. The van der Waals surface area contributed by atoms with Gasteiger partial charge in [0.05, 0.1) is 11.3 Å². The van der Waals surface area contributed by atoms with Crippen LogP contribution in [0.4, 0.5) is 18.9 Å². The predicted molar refractivity (Wildman–Crippen MR) is 110 cm³/mol. The smallest absolute Gasteiger partial charge is 0.320 e. The van der Waals surface area contributed by atoms with E-state index >= 15 is 0 Å². The minimum absolute atomic E-state index is 0.0355. The number of anilines is 1. The van der Waals surface area contributed by atoms with E-state index in [0.717, 1.165) is 22.9 Å². The van der Waals surface area contributed by atoms with E-state index in [-0.39, 0.29) is 22.9 Å². The highest BCUT2D eigenvalue weighted by Crippen LogP contribution is 2.30. The van der Waals surface area contributed by atoms with Crippen molar-refractivity contribution in [3.05, 3.63) is 92.3 Å². The molecule has 33 heavy (non-hydrogen) atoms. The van der Waals surface area contributed by atoms with E-state index in [2.05, 4.69) is 25.1 Å². The van der Waals surface area contributed by atoms with Gasteiger partial charge in [0.1, 0.15) is 0 Å². The van der Waals surface area contributed by atoms with Crippen LogP contribution in [0.25, 0.3) is 17.1 Å². The molecular formula is C21H14F3N5O4. The van der Waals surface area contributed by atoms with E-state index < -0.39 is 34.5 Å². The van der Waals surface area contributed by atoms with Gasteiger partial charge < -0.3 is 5.32 Å². The fourth-order valence-corrected chi connectivity index (χ4v) is 3.07. The van der Waals surface area contributed by atoms with E-state index in [1.165, 1.54) is 31.2 Å². The molecule has 2 heterocycles. The van der Waals surface area contributed by atoms with E-state index in [1.54, 1.807) is 12.1 Å². The highest BCUT2D eigenvalue weighted by atomic mass is 19.4. The number of aromatic nitrogens is 4. The van der Waals surface area contributed by atoms with Crippen molar-refractivity contribution in [2.24, 2.45) is 0 Å². The van der Waals surface area contributed by atoms with Crippen LogP contribution in [0.2, 0.25) is 0 Å². The summed E-state index contributed by atoms with van der Waals surface area (Å²) in [5.41, 5.74) is -1.15. The summed E-state index contributed by atoms with van der Waals surface area (Å²) in [7, 11) is 0. The first-order valence-corrected chi connectivity index (χ1v) is 9.38. The van der Waals surface area contributed by atoms with Gasteiger partial charge in [-0.2, -0.15) is 18.3 Å². The SMILES string of the molecule is Cc1cc(=O)c(C(=O)Nc2cccc(-c3noc(=O)[nH]3)c2)nn1-c1cccc(C(F)(F)F)c1. The Balaban J connectivity index is 1.67. The lowest BCUT2D eigenvalue weighted by molar-refractivity contribution is -0.137. The van der Waals surface area contributed by atoms with Gasteiger partial charge in [-0.25, -0.2) is 9.48 Å². The highest BCUT2D eigenvalue weighted by molar-refractivity contribution is 6.03. The van der Waals surface area contributed by atoms with Crippen LogP contribution >= 0.6 is 0 Å². The third-order valence-electron chi connectivity index (χ3n) is 4.57. The lowest BCUT2D eigenvalue weighted by Crippen LogP contribution is -2.27. The van der Waals surface area contributed by atoms with Crippen molar-refractivity contribution in [1.82, 2.24) is 19.9 Å². The third kappa shape index (κ3) is 4.59. The van der Waals surface area contributed by atoms with Crippen molar-refractivity contribution >= 4 is 11.6 Å². The molecule has 0 bridgehead atoms. The van der Waals surface area contributed by atoms with Crippen LogP contribution in [0.1, 0.15) is 21.7 Å². The van der Waals surface area contributed by atoms with Gasteiger partial charge in [0.2, 0.25) is 5.43 Å². The second kappa shape index (κ2) is 8.22. The standard InChI is InChI=1S/C21H14F3N5O4/c1-11-8-16(30)17(27-29(11)15-7-3-5-13(10-15)21(22,23)24)19(31)25-14-6-2-4-12(9-14)18-26-20(32)33-28-18/h2-10H,1H3,(H,25,31)(H,26,28,32). The van der Waals surface area contributed by atoms with Crippen molar-refractivity contribution in [1.29, 1.82) is 0 Å². The van der Waals surface area contributed by atoms with E-state index in [1.807, 2.05) is 0 Å². The second-order valence-corrected chi connectivity index (χ2v) is 6.94. The lowest BCUT2D eigenvalue weighted by atomic mass is 10.2. The molecule has 0 atom stereocenters. The first-order chi connectivity index (χ1) is 15.6. The van der Waals surface area contributed by atoms with Gasteiger partial charge >= 0.3 is 11.9 Å². The summed E-state index contributed by atoms with van der Waals surface area (Å²) in [4.78, 5) is 38.7. The topological polar surface area (TPSA) is 123 Å². The molecule has 4 rings (SSSR count). The molecule has 0 saturated heterocycles. The number of H-pyrrole nitrogens is 1. The normalized spacial score (nSPS) is 11.4. The largest absolute Gasteiger partial charge is 0.439 e. The lowest BCUT2D eigenvalue weighted by Gasteiger charge is -2.13. The summed E-state index contributed by atoms with van der Waals surface area (Å²) in [5.74, 6) is -1.48. The number of amides is 1. The maximum absolute atomic E-state index is 13.1. The molecule has 0 aliphatic heterocycles. The molecule has 1 amide bonds. The molecule has 0 saturated carbocycles. The number of hydrogen-bond acceptors (Lipinski definition) is 6. The monoisotopic (exact) mass is 457 g/mol. The fourth-order valence-electron chi connectivity index (χ4n) is 3.07. The molecule has 0 aliphatic rings. The summed E-state index contributed by atoms with van der Waals surface area (Å²) in [6.45, 7) is 1.48. The van der Waals surface area contributed by atoms with Gasteiger partial charge in [-0.3, -0.25) is 19.1 Å². The average molecular weight is 457 g/mol. The Morgan fingerprint density at radius 3 is 2.55 bits per heavy atom. The molecule has 168 valence electrons. The Hall–Kier alpha value is -4.48. The van der Waals surface area contributed by atoms with Crippen molar-refractivity contribution in [2.45, 2.75) is 13.1 Å². The Morgan fingerprint density at radius 2 is 1.85 bits per heavy atom. The molecule has 9 nitrogen and oxygen atoms in total. The Bertz CT molecular complexity index is 1470. The molecule has 4 aromatic rings. The number of aryl methyl sites for hydroxylation is 1. The molecule has 0 spiro atoms. The quantitative estimate of drug-likeness (QED) is 0.485. The van der Waals surface area contributed by atoms with Gasteiger partial charge in [0, 0.05) is 23.0 Å². The first kappa shape index (κ1) is 21.7. The second-order valence-electron chi connectivity index (χ2n) is 6.94. The van der Waals surface area contributed by atoms with Gasteiger partial charge in [-0.1, -0.05) is 23.4 Å². The molecule has 12 heteroatoms. The molecule has 0 fully saturated rings. The van der Waals surface area contributed by atoms with Gasteiger partial charge in [-0.15, -0.1) is 0 Å². The number of nitrogens with one attached hydrogen (secondary N) is 2. The number of hydrogen-bond donors (Lipinski definition) is 2. The number of nitrogens with zero attached hydrogens (tertiary/aromatic N) is 3. The Morgan fingerprint density at radius 1 is 1.09 bits per heavy atom. The van der Waals surface area contributed by atoms with Crippen LogP contribution in [-0.2, 0) is 6.18 Å². The number of benzene rings is 2. The summed E-state index contributed by atoms with van der Waals surface area (Å²) in [6.07, 6.45) is -4.57. The Labute approximate surface area is 182 Å². The number of rotatable bonds is 4. The molecule has 0 aliphatic carbocycles. The van der Waals surface area contributed by atoms with Crippen LogP contribution in [0, 0.1) is 6.92 Å². The van der Waals surface area contributed by atoms with E-state index in [4.69, 9.17) is 0 Å². The number of carbonyl (C=O) groups excluding carboxylic acids is 1. The van der Waals surface area contributed by atoms with Crippen molar-refractivity contribution in [3.63, 3.8) is 0 Å². The van der Waals surface area contributed by atoms with E-state index in [0.29, 0.717) is 5.56 Å². The zero-order valence-electron chi connectivity index (χ0n) is 16.8. The third-order valence-corrected chi connectivity index (χ3v) is 4.57. The summed E-state index contributed by atoms with van der Waals surface area (Å²) < 4.78 is 44.8. The number of alkyl halides is 3. The van der Waals surface area contributed by atoms with E-state index in [9.17, 15) is 27.6 Å². The zero-order chi connectivity index (χ0) is 23.8. The number of halogens is 3. The van der Waals surface area contributed by atoms with Crippen molar-refractivity contribution in [3.8, 4) is 17.1 Å². The molecular weight excluding hydrogens is 443 g/mol. The van der Waals surface area contributed by atoms with Crippen molar-refractivity contribution in [2.75, 3.05) is 5.32 Å². The minimum atomic E-state index is -4.57.